The zero-order chi connectivity index (χ0) is 19.8. The summed E-state index contributed by atoms with van der Waals surface area (Å²) in [6, 6.07) is 12.5. The van der Waals surface area contributed by atoms with E-state index in [2.05, 4.69) is 4.98 Å². The van der Waals surface area contributed by atoms with Gasteiger partial charge in [-0.05, 0) is 49.2 Å². The predicted octanol–water partition coefficient (Wildman–Crippen LogP) is 4.28. The minimum Gasteiger partial charge on any atom is -0.507 e. The molecule has 1 aliphatic rings. The Morgan fingerprint density at radius 3 is 2.64 bits per heavy atom. The number of aliphatic hydroxyl groups excluding tert-OH is 1. The third-order valence-corrected chi connectivity index (χ3v) is 4.99. The number of aliphatic hydroxyl groups is 1. The number of pyridine rings is 1. The molecule has 6 heteroatoms. The molecule has 28 heavy (non-hydrogen) atoms. The molecule has 1 aromatic heterocycles. The van der Waals surface area contributed by atoms with Gasteiger partial charge >= 0.3 is 0 Å². The van der Waals surface area contributed by atoms with Gasteiger partial charge in [0.2, 0.25) is 0 Å². The van der Waals surface area contributed by atoms with Crippen LogP contribution >= 0.6 is 0 Å². The maximum absolute atomic E-state index is 14.4. The molecule has 2 heterocycles. The number of aromatic nitrogens is 1. The van der Waals surface area contributed by atoms with E-state index in [4.69, 9.17) is 0 Å². The lowest BCUT2D eigenvalue weighted by atomic mass is 10.0. The molecule has 0 radical (unpaired) electrons. The van der Waals surface area contributed by atoms with E-state index in [1.165, 1.54) is 12.1 Å². The Morgan fingerprint density at radius 2 is 1.89 bits per heavy atom. The van der Waals surface area contributed by atoms with E-state index in [9.17, 15) is 19.0 Å². The molecule has 2 N–H and O–H groups in total. The fourth-order valence-electron chi connectivity index (χ4n) is 3.50. The topological polar surface area (TPSA) is 56.6 Å². The lowest BCUT2D eigenvalue weighted by Gasteiger charge is -2.19. The summed E-state index contributed by atoms with van der Waals surface area (Å²) >= 11 is 0. The van der Waals surface area contributed by atoms with Gasteiger partial charge in [-0.15, -0.1) is 0 Å². The summed E-state index contributed by atoms with van der Waals surface area (Å²) in [5, 5.41) is 20.2. The molecule has 0 bridgehead atoms. The molecule has 1 unspecified atom stereocenters. The summed E-state index contributed by atoms with van der Waals surface area (Å²) in [6.45, 7) is 2.93. The van der Waals surface area contributed by atoms with Gasteiger partial charge in [-0.3, -0.25) is 0 Å². The second-order valence-electron chi connectivity index (χ2n) is 7.11. The molecular weight excluding hydrogens is 362 g/mol. The smallest absolute Gasteiger partial charge is 0.166 e. The van der Waals surface area contributed by atoms with Gasteiger partial charge in [0.1, 0.15) is 11.6 Å². The Morgan fingerprint density at radius 1 is 1.07 bits per heavy atom. The minimum absolute atomic E-state index is 0.0578. The van der Waals surface area contributed by atoms with Crippen LogP contribution in [0.4, 0.5) is 14.6 Å². The maximum atomic E-state index is 14.4. The van der Waals surface area contributed by atoms with Crippen LogP contribution in [0.15, 0.2) is 48.5 Å². The van der Waals surface area contributed by atoms with Crippen molar-refractivity contribution in [2.24, 2.45) is 0 Å². The van der Waals surface area contributed by atoms with E-state index in [0.717, 1.165) is 11.6 Å². The number of aromatic hydroxyl groups is 1. The first-order valence-electron chi connectivity index (χ1n) is 9.12. The largest absolute Gasteiger partial charge is 0.507 e. The van der Waals surface area contributed by atoms with E-state index in [1.54, 1.807) is 30.3 Å². The van der Waals surface area contributed by atoms with E-state index >= 15 is 0 Å². The van der Waals surface area contributed by atoms with Gasteiger partial charge in [0, 0.05) is 24.2 Å². The number of nitrogens with zero attached hydrogens (tertiary/aromatic N) is 2. The van der Waals surface area contributed by atoms with E-state index in [1.807, 2.05) is 11.8 Å². The van der Waals surface area contributed by atoms with Crippen LogP contribution < -0.4 is 4.90 Å². The zero-order valence-electron chi connectivity index (χ0n) is 15.4. The fraction of sp³-hybridized carbons (Fsp3) is 0.227. The second kappa shape index (κ2) is 7.20. The Kier molecular flexibility index (Phi) is 4.73. The first-order chi connectivity index (χ1) is 13.4. The van der Waals surface area contributed by atoms with Crippen molar-refractivity contribution in [3.8, 4) is 28.1 Å². The van der Waals surface area contributed by atoms with Crippen molar-refractivity contribution >= 4 is 5.82 Å². The van der Waals surface area contributed by atoms with E-state index < -0.39 is 17.7 Å². The van der Waals surface area contributed by atoms with Gasteiger partial charge in [0.05, 0.1) is 11.8 Å². The number of phenols is 1. The average molecular weight is 382 g/mol. The maximum Gasteiger partial charge on any atom is 0.166 e. The Hall–Kier alpha value is -2.99. The van der Waals surface area contributed by atoms with Crippen molar-refractivity contribution < 1.29 is 19.0 Å². The molecule has 144 valence electrons. The lowest BCUT2D eigenvalue weighted by Crippen LogP contribution is -2.22. The van der Waals surface area contributed by atoms with Crippen molar-refractivity contribution in [3.05, 3.63) is 65.7 Å². The van der Waals surface area contributed by atoms with E-state index in [0.29, 0.717) is 42.1 Å². The van der Waals surface area contributed by atoms with Gasteiger partial charge < -0.3 is 15.1 Å². The molecule has 2 aromatic carbocycles. The molecular formula is C22H20F2N2O2. The number of phenolic OH excluding ortho intramolecular Hbond substituents is 1. The molecule has 0 spiro atoms. The van der Waals surface area contributed by atoms with Gasteiger partial charge in [-0.2, -0.15) is 0 Å². The minimum atomic E-state index is -0.930. The molecule has 4 nitrogen and oxygen atoms in total. The van der Waals surface area contributed by atoms with Crippen molar-refractivity contribution in [1.82, 2.24) is 4.98 Å². The Bertz CT molecular complexity index is 1020. The monoisotopic (exact) mass is 382 g/mol. The number of β-amino-alcohol motifs (C(OH)–C–C–N with tert-alkyl or cyclic N) is 1. The molecule has 3 aromatic rings. The first kappa shape index (κ1) is 18.4. The summed E-state index contributed by atoms with van der Waals surface area (Å²) < 4.78 is 28.2. The van der Waals surface area contributed by atoms with Crippen LogP contribution in [0.2, 0.25) is 0 Å². The summed E-state index contributed by atoms with van der Waals surface area (Å²) in [5.74, 6) is -1.25. The highest BCUT2D eigenvalue weighted by Gasteiger charge is 2.23. The van der Waals surface area contributed by atoms with Crippen LogP contribution in [0.3, 0.4) is 0 Å². The molecule has 1 atom stereocenters. The summed E-state index contributed by atoms with van der Waals surface area (Å²) in [5.41, 5.74) is 2.49. The molecule has 1 saturated heterocycles. The van der Waals surface area contributed by atoms with Crippen LogP contribution in [0.5, 0.6) is 5.75 Å². The van der Waals surface area contributed by atoms with Crippen molar-refractivity contribution in [2.45, 2.75) is 19.4 Å². The van der Waals surface area contributed by atoms with Crippen LogP contribution in [0.25, 0.3) is 22.4 Å². The van der Waals surface area contributed by atoms with Crippen molar-refractivity contribution in [1.29, 1.82) is 0 Å². The van der Waals surface area contributed by atoms with Gasteiger partial charge in [-0.1, -0.05) is 23.8 Å². The van der Waals surface area contributed by atoms with Crippen molar-refractivity contribution in [2.75, 3.05) is 18.0 Å². The highest BCUT2D eigenvalue weighted by atomic mass is 19.2. The number of rotatable bonds is 3. The Labute approximate surface area is 161 Å². The average Bonchev–Trinajstić information content (AvgIpc) is 3.12. The summed E-state index contributed by atoms with van der Waals surface area (Å²) in [7, 11) is 0. The first-order valence-corrected chi connectivity index (χ1v) is 9.12. The van der Waals surface area contributed by atoms with Crippen molar-refractivity contribution in [3.63, 3.8) is 0 Å². The number of aryl methyl sites for hydroxylation is 1. The van der Waals surface area contributed by atoms with E-state index in [-0.39, 0.29) is 11.3 Å². The molecule has 1 aliphatic heterocycles. The lowest BCUT2D eigenvalue weighted by molar-refractivity contribution is 0.198. The molecule has 4 rings (SSSR count). The number of anilines is 1. The zero-order valence-corrected chi connectivity index (χ0v) is 15.4. The second-order valence-corrected chi connectivity index (χ2v) is 7.11. The van der Waals surface area contributed by atoms with Gasteiger partial charge in [-0.25, -0.2) is 13.8 Å². The number of halogens is 2. The quantitative estimate of drug-likeness (QED) is 0.710. The van der Waals surface area contributed by atoms with Crippen LogP contribution in [0, 0.1) is 18.6 Å². The molecule has 0 amide bonds. The summed E-state index contributed by atoms with van der Waals surface area (Å²) in [6.07, 6.45) is 0.165. The predicted molar refractivity (Wildman–Crippen MR) is 104 cm³/mol. The van der Waals surface area contributed by atoms with Crippen LogP contribution in [-0.4, -0.2) is 34.4 Å². The highest BCUT2D eigenvalue weighted by Crippen LogP contribution is 2.35. The fourth-order valence-corrected chi connectivity index (χ4v) is 3.50. The van der Waals surface area contributed by atoms with Gasteiger partial charge in [0.15, 0.2) is 11.6 Å². The Balaban J connectivity index is 1.91. The normalized spacial score (nSPS) is 16.6. The summed E-state index contributed by atoms with van der Waals surface area (Å²) in [4.78, 5) is 6.54. The van der Waals surface area contributed by atoms with Crippen LogP contribution in [0.1, 0.15) is 12.0 Å². The number of hydrogen-bond acceptors (Lipinski definition) is 4. The number of benzene rings is 2. The van der Waals surface area contributed by atoms with Gasteiger partial charge in [0.25, 0.3) is 0 Å². The molecule has 0 saturated carbocycles. The number of hydrogen-bond donors (Lipinski definition) is 2. The third-order valence-electron chi connectivity index (χ3n) is 4.99. The van der Waals surface area contributed by atoms with Crippen LogP contribution in [-0.2, 0) is 0 Å². The highest BCUT2D eigenvalue weighted by molar-refractivity contribution is 5.77. The standard InChI is InChI=1S/C22H20F2N2O2/c1-13-5-6-20(28)17(9-13)19-10-14(16-3-2-4-18(23)22(16)24)11-21(25-19)26-8-7-15(27)12-26/h2-6,9-11,15,27-28H,7-8,12H2,1H3. The third kappa shape index (κ3) is 3.43. The molecule has 1 fully saturated rings. The SMILES string of the molecule is Cc1ccc(O)c(-c2cc(-c3cccc(F)c3F)cc(N3CCC(O)C3)n2)c1. The molecule has 0 aliphatic carbocycles.